The summed E-state index contributed by atoms with van der Waals surface area (Å²) in [4.78, 5) is 16.1. The van der Waals surface area contributed by atoms with E-state index in [-0.39, 0.29) is 5.56 Å². The van der Waals surface area contributed by atoms with E-state index in [1.165, 1.54) is 0 Å². The number of nitrogen functional groups attached to an aromatic ring is 1. The van der Waals surface area contributed by atoms with Gasteiger partial charge in [-0.3, -0.25) is 4.79 Å². The highest BCUT2D eigenvalue weighted by Gasteiger charge is 2.08. The Labute approximate surface area is 87.3 Å². The molecule has 0 atom stereocenters. The zero-order chi connectivity index (χ0) is 11.2. The molecule has 0 saturated carbocycles. The van der Waals surface area contributed by atoms with Gasteiger partial charge in [0.15, 0.2) is 0 Å². The van der Waals surface area contributed by atoms with Gasteiger partial charge < -0.3 is 5.84 Å². The van der Waals surface area contributed by atoms with Crippen LogP contribution in [0, 0.1) is 20.8 Å². The van der Waals surface area contributed by atoms with E-state index in [0.717, 1.165) is 21.3 Å². The summed E-state index contributed by atoms with van der Waals surface area (Å²) < 4.78 is 1.08. The minimum Gasteiger partial charge on any atom is -0.335 e. The number of aromatic nitrogens is 2. The third-order valence-corrected chi connectivity index (χ3v) is 2.77. The van der Waals surface area contributed by atoms with Gasteiger partial charge in [0.25, 0.3) is 5.56 Å². The van der Waals surface area contributed by atoms with Crippen LogP contribution in [0.2, 0.25) is 0 Å². The molecule has 1 aromatic carbocycles. The molecule has 15 heavy (non-hydrogen) atoms. The van der Waals surface area contributed by atoms with Crippen LogP contribution in [0.1, 0.15) is 17.0 Å². The summed E-state index contributed by atoms with van der Waals surface area (Å²) in [5.74, 6) is 6.11. The van der Waals surface area contributed by atoms with Crippen molar-refractivity contribution in [3.05, 3.63) is 39.4 Å². The van der Waals surface area contributed by atoms with Gasteiger partial charge in [-0.1, -0.05) is 6.07 Å². The first-order chi connectivity index (χ1) is 7.02. The lowest BCUT2D eigenvalue weighted by atomic mass is 10.1. The zero-order valence-electron chi connectivity index (χ0n) is 9.03. The lowest BCUT2D eigenvalue weighted by molar-refractivity contribution is 0.851. The number of aryl methyl sites for hydroxylation is 3. The number of benzene rings is 1. The fraction of sp³-hybridized carbons (Fsp3) is 0.273. The SMILES string of the molecule is Cc1ccc2c(=O)n(N)c(C)nc2c1C. The topological polar surface area (TPSA) is 60.9 Å². The molecule has 2 aromatic rings. The van der Waals surface area contributed by atoms with Crippen molar-refractivity contribution in [2.45, 2.75) is 20.8 Å². The van der Waals surface area contributed by atoms with Crippen molar-refractivity contribution in [1.29, 1.82) is 0 Å². The van der Waals surface area contributed by atoms with E-state index in [2.05, 4.69) is 4.98 Å². The lowest BCUT2D eigenvalue weighted by Crippen LogP contribution is -2.30. The van der Waals surface area contributed by atoms with Gasteiger partial charge in [0.05, 0.1) is 10.9 Å². The number of hydrogen-bond donors (Lipinski definition) is 1. The first kappa shape index (κ1) is 9.71. The second-order valence-electron chi connectivity index (χ2n) is 3.74. The summed E-state index contributed by atoms with van der Waals surface area (Å²) in [6, 6.07) is 3.69. The van der Waals surface area contributed by atoms with Crippen molar-refractivity contribution < 1.29 is 0 Å². The predicted molar refractivity (Wildman–Crippen MR) is 60.4 cm³/mol. The van der Waals surface area contributed by atoms with Crippen LogP contribution >= 0.6 is 0 Å². The van der Waals surface area contributed by atoms with Crippen LogP contribution in [-0.4, -0.2) is 9.66 Å². The number of nitrogens with zero attached hydrogens (tertiary/aromatic N) is 2. The third-order valence-electron chi connectivity index (χ3n) is 2.77. The van der Waals surface area contributed by atoms with Gasteiger partial charge in [-0.15, -0.1) is 0 Å². The van der Waals surface area contributed by atoms with Crippen LogP contribution < -0.4 is 11.4 Å². The Morgan fingerprint density at radius 2 is 1.93 bits per heavy atom. The van der Waals surface area contributed by atoms with Crippen molar-refractivity contribution >= 4 is 10.9 Å². The molecule has 0 amide bonds. The van der Waals surface area contributed by atoms with Crippen LogP contribution in [0.4, 0.5) is 0 Å². The molecule has 0 saturated heterocycles. The number of hydrogen-bond acceptors (Lipinski definition) is 3. The summed E-state index contributed by atoms with van der Waals surface area (Å²) in [6.07, 6.45) is 0. The molecule has 0 bridgehead atoms. The van der Waals surface area contributed by atoms with Crippen LogP contribution in [0.15, 0.2) is 16.9 Å². The van der Waals surface area contributed by atoms with E-state index in [1.54, 1.807) is 13.0 Å². The average Bonchev–Trinajstić information content (AvgIpc) is 2.21. The van der Waals surface area contributed by atoms with E-state index >= 15 is 0 Å². The quantitative estimate of drug-likeness (QED) is 0.651. The molecule has 0 aliphatic carbocycles. The second-order valence-corrected chi connectivity index (χ2v) is 3.74. The maximum absolute atomic E-state index is 11.8. The van der Waals surface area contributed by atoms with Crippen LogP contribution in [0.25, 0.3) is 10.9 Å². The highest BCUT2D eigenvalue weighted by molar-refractivity contribution is 5.81. The molecular formula is C11H13N3O. The highest BCUT2D eigenvalue weighted by atomic mass is 16.1. The van der Waals surface area contributed by atoms with Crippen molar-refractivity contribution in [2.24, 2.45) is 0 Å². The van der Waals surface area contributed by atoms with Crippen molar-refractivity contribution in [3.8, 4) is 0 Å². The first-order valence-corrected chi connectivity index (χ1v) is 4.77. The lowest BCUT2D eigenvalue weighted by Gasteiger charge is -2.08. The standard InChI is InChI=1S/C11H13N3O/c1-6-4-5-9-10(7(6)2)13-8(3)14(12)11(9)15/h4-5H,12H2,1-3H3. The number of nitrogens with two attached hydrogens (primary N) is 1. The smallest absolute Gasteiger partial charge is 0.279 e. The van der Waals surface area contributed by atoms with E-state index in [0.29, 0.717) is 11.2 Å². The van der Waals surface area contributed by atoms with Gasteiger partial charge >= 0.3 is 0 Å². The Kier molecular flexibility index (Phi) is 2.00. The predicted octanol–water partition coefficient (Wildman–Crippen LogP) is 1.04. The Hall–Kier alpha value is -1.84. The second kappa shape index (κ2) is 3.08. The fourth-order valence-electron chi connectivity index (χ4n) is 1.61. The molecule has 1 aromatic heterocycles. The molecule has 0 aliphatic heterocycles. The molecule has 2 N–H and O–H groups in total. The van der Waals surface area contributed by atoms with Crippen LogP contribution in [0.3, 0.4) is 0 Å². The number of fused-ring (bicyclic) bond motifs is 1. The Morgan fingerprint density at radius 1 is 1.27 bits per heavy atom. The van der Waals surface area contributed by atoms with Crippen molar-refractivity contribution in [3.63, 3.8) is 0 Å². The molecule has 4 heteroatoms. The molecule has 0 aliphatic rings. The molecule has 0 radical (unpaired) electrons. The number of rotatable bonds is 0. The fourth-order valence-corrected chi connectivity index (χ4v) is 1.61. The van der Waals surface area contributed by atoms with Crippen molar-refractivity contribution in [2.75, 3.05) is 5.84 Å². The summed E-state index contributed by atoms with van der Waals surface area (Å²) in [5, 5.41) is 0.575. The average molecular weight is 203 g/mol. The molecule has 0 unspecified atom stereocenters. The molecule has 2 rings (SSSR count). The molecule has 4 nitrogen and oxygen atoms in total. The minimum absolute atomic E-state index is 0.194. The summed E-state index contributed by atoms with van der Waals surface area (Å²) in [5.41, 5.74) is 2.72. The van der Waals surface area contributed by atoms with Gasteiger partial charge in [-0.05, 0) is 38.0 Å². The molecule has 0 spiro atoms. The van der Waals surface area contributed by atoms with E-state index < -0.39 is 0 Å². The largest absolute Gasteiger partial charge is 0.335 e. The summed E-state index contributed by atoms with van der Waals surface area (Å²) >= 11 is 0. The maximum atomic E-state index is 11.8. The van der Waals surface area contributed by atoms with Gasteiger partial charge in [-0.25, -0.2) is 9.66 Å². The Morgan fingerprint density at radius 3 is 2.60 bits per heavy atom. The normalized spacial score (nSPS) is 10.9. The van der Waals surface area contributed by atoms with Crippen molar-refractivity contribution in [1.82, 2.24) is 9.66 Å². The maximum Gasteiger partial charge on any atom is 0.279 e. The molecule has 78 valence electrons. The monoisotopic (exact) mass is 203 g/mol. The third kappa shape index (κ3) is 1.29. The van der Waals surface area contributed by atoms with E-state index in [9.17, 15) is 4.79 Å². The first-order valence-electron chi connectivity index (χ1n) is 4.77. The van der Waals surface area contributed by atoms with E-state index in [1.807, 2.05) is 19.9 Å². The Balaban J connectivity index is 3.06. The summed E-state index contributed by atoms with van der Waals surface area (Å²) in [6.45, 7) is 5.69. The molecule has 1 heterocycles. The van der Waals surface area contributed by atoms with Gasteiger partial charge in [0, 0.05) is 0 Å². The molecular weight excluding hydrogens is 190 g/mol. The minimum atomic E-state index is -0.194. The van der Waals surface area contributed by atoms with Gasteiger partial charge in [0.2, 0.25) is 0 Å². The summed E-state index contributed by atoms with van der Waals surface area (Å²) in [7, 11) is 0. The highest BCUT2D eigenvalue weighted by Crippen LogP contribution is 2.16. The van der Waals surface area contributed by atoms with Crippen LogP contribution in [-0.2, 0) is 0 Å². The molecule has 0 fully saturated rings. The van der Waals surface area contributed by atoms with Crippen LogP contribution in [0.5, 0.6) is 0 Å². The zero-order valence-corrected chi connectivity index (χ0v) is 9.03. The van der Waals surface area contributed by atoms with Gasteiger partial charge in [-0.2, -0.15) is 0 Å². The van der Waals surface area contributed by atoms with E-state index in [4.69, 9.17) is 5.84 Å². The Bertz CT molecular complexity index is 599. The van der Waals surface area contributed by atoms with Gasteiger partial charge in [0.1, 0.15) is 5.82 Å².